The molecule has 3 nitrogen and oxygen atoms in total. The third kappa shape index (κ3) is 3.33. The Bertz CT molecular complexity index is 394. The molecule has 0 amide bonds. The van der Waals surface area contributed by atoms with Gasteiger partial charge in [-0.2, -0.15) is 0 Å². The minimum Gasteiger partial charge on any atom is -0.485 e. The van der Waals surface area contributed by atoms with Crippen LogP contribution in [-0.4, -0.2) is 17.5 Å². The van der Waals surface area contributed by atoms with Crippen LogP contribution in [0.4, 0.5) is 0 Å². The second kappa shape index (κ2) is 6.55. The SMILES string of the molecule is O=C(COc1ccccc1CO)C1CCCCC1. The smallest absolute Gasteiger partial charge is 0.173 e. The molecule has 0 unspecified atom stereocenters. The van der Waals surface area contributed by atoms with E-state index in [9.17, 15) is 4.79 Å². The molecular weight excluding hydrogens is 228 g/mol. The number of ether oxygens (including phenoxy) is 1. The molecule has 3 heteroatoms. The highest BCUT2D eigenvalue weighted by Crippen LogP contribution is 2.25. The van der Waals surface area contributed by atoms with Crippen molar-refractivity contribution in [3.63, 3.8) is 0 Å². The van der Waals surface area contributed by atoms with Crippen molar-refractivity contribution >= 4 is 5.78 Å². The highest BCUT2D eigenvalue weighted by atomic mass is 16.5. The van der Waals surface area contributed by atoms with Gasteiger partial charge in [-0.25, -0.2) is 0 Å². The van der Waals surface area contributed by atoms with E-state index in [1.807, 2.05) is 12.1 Å². The number of aliphatic hydroxyl groups is 1. The Morgan fingerprint density at radius 1 is 1.22 bits per heavy atom. The lowest BCUT2D eigenvalue weighted by Gasteiger charge is -2.20. The van der Waals surface area contributed by atoms with Gasteiger partial charge in [0, 0.05) is 11.5 Å². The predicted octanol–water partition coefficient (Wildman–Crippen LogP) is 2.71. The summed E-state index contributed by atoms with van der Waals surface area (Å²) in [5.41, 5.74) is 0.731. The fourth-order valence-corrected chi connectivity index (χ4v) is 2.47. The first-order valence-electron chi connectivity index (χ1n) is 6.65. The average Bonchev–Trinajstić information content (AvgIpc) is 2.46. The minimum atomic E-state index is -0.0617. The van der Waals surface area contributed by atoms with E-state index in [0.29, 0.717) is 5.75 Å². The van der Waals surface area contributed by atoms with Gasteiger partial charge in [-0.05, 0) is 18.9 Å². The summed E-state index contributed by atoms with van der Waals surface area (Å²) in [4.78, 5) is 12.0. The van der Waals surface area contributed by atoms with Crippen LogP contribution in [0.1, 0.15) is 37.7 Å². The van der Waals surface area contributed by atoms with Gasteiger partial charge in [-0.1, -0.05) is 37.5 Å². The highest BCUT2D eigenvalue weighted by molar-refractivity contribution is 5.82. The monoisotopic (exact) mass is 248 g/mol. The second-order valence-electron chi connectivity index (χ2n) is 4.86. The fourth-order valence-electron chi connectivity index (χ4n) is 2.47. The molecule has 0 heterocycles. The zero-order valence-electron chi connectivity index (χ0n) is 10.6. The van der Waals surface area contributed by atoms with Gasteiger partial charge in [-0.15, -0.1) is 0 Å². The number of para-hydroxylation sites is 1. The van der Waals surface area contributed by atoms with Gasteiger partial charge in [0.2, 0.25) is 0 Å². The van der Waals surface area contributed by atoms with Gasteiger partial charge in [0.1, 0.15) is 12.4 Å². The molecule has 0 radical (unpaired) electrons. The molecule has 0 aliphatic heterocycles. The maximum absolute atomic E-state index is 12.0. The lowest BCUT2D eigenvalue weighted by Crippen LogP contribution is -2.23. The van der Waals surface area contributed by atoms with Crippen LogP contribution in [0.15, 0.2) is 24.3 Å². The minimum absolute atomic E-state index is 0.0617. The average molecular weight is 248 g/mol. The van der Waals surface area contributed by atoms with Crippen LogP contribution in [-0.2, 0) is 11.4 Å². The summed E-state index contributed by atoms with van der Waals surface area (Å²) in [6.45, 7) is 0.0650. The first-order valence-corrected chi connectivity index (χ1v) is 6.65. The van der Waals surface area contributed by atoms with Gasteiger partial charge in [-0.3, -0.25) is 4.79 Å². The summed E-state index contributed by atoms with van der Waals surface area (Å²) >= 11 is 0. The van der Waals surface area contributed by atoms with E-state index >= 15 is 0 Å². The van der Waals surface area contributed by atoms with Crippen LogP contribution in [0.3, 0.4) is 0 Å². The quantitative estimate of drug-likeness (QED) is 0.871. The maximum atomic E-state index is 12.0. The Balaban J connectivity index is 1.88. The van der Waals surface area contributed by atoms with E-state index in [1.165, 1.54) is 6.42 Å². The topological polar surface area (TPSA) is 46.5 Å². The van der Waals surface area contributed by atoms with E-state index in [1.54, 1.807) is 12.1 Å². The molecule has 2 rings (SSSR count). The number of aliphatic hydroxyl groups excluding tert-OH is 1. The van der Waals surface area contributed by atoms with Gasteiger partial charge in [0.15, 0.2) is 5.78 Å². The molecule has 1 aromatic rings. The van der Waals surface area contributed by atoms with Crippen LogP contribution in [0.25, 0.3) is 0 Å². The molecule has 0 aromatic heterocycles. The molecule has 0 saturated heterocycles. The van der Waals surface area contributed by atoms with Gasteiger partial charge in [0.25, 0.3) is 0 Å². The summed E-state index contributed by atoms with van der Waals surface area (Å²) < 4.78 is 5.53. The lowest BCUT2D eigenvalue weighted by atomic mass is 9.86. The van der Waals surface area contributed by atoms with Crippen LogP contribution in [0.5, 0.6) is 5.75 Å². The summed E-state index contributed by atoms with van der Waals surface area (Å²) in [5, 5.41) is 9.17. The van der Waals surface area contributed by atoms with Gasteiger partial charge < -0.3 is 9.84 Å². The number of benzene rings is 1. The summed E-state index contributed by atoms with van der Waals surface area (Å²) in [6, 6.07) is 7.29. The number of carbonyl (C=O) groups is 1. The normalized spacial score (nSPS) is 16.5. The first kappa shape index (κ1) is 13.1. The third-order valence-corrected chi connectivity index (χ3v) is 3.57. The van der Waals surface area contributed by atoms with Crippen LogP contribution in [0.2, 0.25) is 0 Å². The van der Waals surface area contributed by atoms with E-state index in [2.05, 4.69) is 0 Å². The lowest BCUT2D eigenvalue weighted by molar-refractivity contribution is -0.125. The number of rotatable bonds is 5. The zero-order chi connectivity index (χ0) is 12.8. The summed E-state index contributed by atoms with van der Waals surface area (Å²) in [7, 11) is 0. The summed E-state index contributed by atoms with van der Waals surface area (Å²) in [6.07, 6.45) is 5.57. The third-order valence-electron chi connectivity index (χ3n) is 3.57. The molecule has 1 fully saturated rings. The van der Waals surface area contributed by atoms with Crippen molar-refractivity contribution in [3.05, 3.63) is 29.8 Å². The van der Waals surface area contributed by atoms with Crippen LogP contribution < -0.4 is 4.74 Å². The Labute approximate surface area is 108 Å². The van der Waals surface area contributed by atoms with E-state index in [4.69, 9.17) is 9.84 Å². The van der Waals surface area contributed by atoms with E-state index < -0.39 is 0 Å². The number of ketones is 1. The molecule has 0 atom stereocenters. The molecule has 1 N–H and O–H groups in total. The van der Waals surface area contributed by atoms with Crippen LogP contribution in [0, 0.1) is 5.92 Å². The maximum Gasteiger partial charge on any atom is 0.173 e. The largest absolute Gasteiger partial charge is 0.485 e. The molecule has 0 bridgehead atoms. The Hall–Kier alpha value is -1.35. The highest BCUT2D eigenvalue weighted by Gasteiger charge is 2.21. The molecule has 0 spiro atoms. The standard InChI is InChI=1S/C15H20O3/c16-10-13-8-4-5-9-15(13)18-11-14(17)12-6-2-1-3-7-12/h4-5,8-9,12,16H,1-3,6-7,10-11H2. The summed E-state index contributed by atoms with van der Waals surface area (Å²) in [5.74, 6) is 0.992. The van der Waals surface area contributed by atoms with E-state index in [-0.39, 0.29) is 24.9 Å². The fraction of sp³-hybridized carbons (Fsp3) is 0.533. The van der Waals surface area contributed by atoms with Gasteiger partial charge in [0.05, 0.1) is 6.61 Å². The molecule has 1 saturated carbocycles. The number of hydrogen-bond donors (Lipinski definition) is 1. The Kier molecular flexibility index (Phi) is 4.76. The number of Topliss-reactive ketones (excluding diaryl/α,β-unsaturated/α-hetero) is 1. The molecular formula is C15H20O3. The van der Waals surface area contributed by atoms with Crippen molar-refractivity contribution in [2.75, 3.05) is 6.61 Å². The van der Waals surface area contributed by atoms with Crippen molar-refractivity contribution < 1.29 is 14.6 Å². The van der Waals surface area contributed by atoms with Crippen molar-refractivity contribution in [2.24, 2.45) is 5.92 Å². The van der Waals surface area contributed by atoms with Crippen molar-refractivity contribution in [3.8, 4) is 5.75 Å². The van der Waals surface area contributed by atoms with Crippen molar-refractivity contribution in [1.29, 1.82) is 0 Å². The van der Waals surface area contributed by atoms with Crippen molar-refractivity contribution in [2.45, 2.75) is 38.7 Å². The zero-order valence-corrected chi connectivity index (χ0v) is 10.6. The predicted molar refractivity (Wildman–Crippen MR) is 69.4 cm³/mol. The first-order chi connectivity index (χ1) is 8.81. The van der Waals surface area contributed by atoms with Gasteiger partial charge >= 0.3 is 0 Å². The number of carbonyl (C=O) groups excluding carboxylic acids is 1. The Morgan fingerprint density at radius 2 is 1.94 bits per heavy atom. The number of hydrogen-bond acceptors (Lipinski definition) is 3. The van der Waals surface area contributed by atoms with E-state index in [0.717, 1.165) is 31.2 Å². The Morgan fingerprint density at radius 3 is 2.67 bits per heavy atom. The van der Waals surface area contributed by atoms with Crippen molar-refractivity contribution in [1.82, 2.24) is 0 Å². The molecule has 1 aromatic carbocycles. The van der Waals surface area contributed by atoms with Crippen LogP contribution >= 0.6 is 0 Å². The molecule has 98 valence electrons. The second-order valence-corrected chi connectivity index (χ2v) is 4.86. The molecule has 18 heavy (non-hydrogen) atoms. The molecule has 1 aliphatic carbocycles. The molecule has 1 aliphatic rings.